The van der Waals surface area contributed by atoms with E-state index in [0.29, 0.717) is 30.7 Å². The topological polar surface area (TPSA) is 298 Å². The van der Waals surface area contributed by atoms with Gasteiger partial charge in [0.1, 0.15) is 0 Å². The average Bonchev–Trinajstić information content (AvgIpc) is 4.08. The summed E-state index contributed by atoms with van der Waals surface area (Å²) < 4.78 is 12.6. The van der Waals surface area contributed by atoms with Gasteiger partial charge in [0.05, 0.1) is 31.8 Å². The third-order valence-corrected chi connectivity index (χ3v) is 11.2. The molecule has 0 atom stereocenters. The number of aromatic nitrogens is 3. The molecule has 19 heteroatoms. The summed E-state index contributed by atoms with van der Waals surface area (Å²) >= 11 is 0. The molecule has 6 aromatic carbocycles. The third kappa shape index (κ3) is 13.1. The summed E-state index contributed by atoms with van der Waals surface area (Å²) in [6, 6.07) is 36.4. The van der Waals surface area contributed by atoms with E-state index in [0.717, 1.165) is 78.5 Å². The molecule has 9 N–H and O–H groups in total. The van der Waals surface area contributed by atoms with E-state index in [9.17, 15) is 44.8 Å². The van der Waals surface area contributed by atoms with Gasteiger partial charge in [-0.1, -0.05) is 60.7 Å². The Morgan fingerprint density at radius 1 is 0.449 bits per heavy atom. The van der Waals surface area contributed by atoms with Crippen molar-refractivity contribution in [2.75, 3.05) is 18.0 Å². The van der Waals surface area contributed by atoms with Gasteiger partial charge < -0.3 is 32.2 Å². The maximum absolute atomic E-state index is 12.6. The Kier molecular flexibility index (Phi) is 16.8. The summed E-state index contributed by atoms with van der Waals surface area (Å²) in [6.07, 6.45) is 12.1. The van der Waals surface area contributed by atoms with Crippen LogP contribution < -0.4 is 17.2 Å². The van der Waals surface area contributed by atoms with E-state index in [1.54, 1.807) is 0 Å². The van der Waals surface area contributed by atoms with Crippen LogP contribution in [-0.2, 0) is 32.1 Å². The predicted octanol–water partition coefficient (Wildman–Crippen LogP) is 11.0. The molecule has 0 aliphatic carbocycles. The molecular formula is C50H49FN10O8. The number of H-pyrrole nitrogens is 3. The number of rotatable bonds is 14. The summed E-state index contributed by atoms with van der Waals surface area (Å²) in [5, 5.41) is 45.9. The molecule has 0 bridgehead atoms. The van der Waals surface area contributed by atoms with Gasteiger partial charge in [-0.05, 0) is 116 Å². The highest BCUT2D eigenvalue weighted by atomic mass is 19.1. The van der Waals surface area contributed by atoms with Crippen LogP contribution in [-0.4, -0.2) is 41.2 Å². The molecule has 9 aromatic rings. The van der Waals surface area contributed by atoms with Crippen LogP contribution in [0.2, 0.25) is 0 Å². The number of aryl methyl sites for hydroxylation is 4. The summed E-state index contributed by atoms with van der Waals surface area (Å²) in [7, 11) is 0. The van der Waals surface area contributed by atoms with Crippen molar-refractivity contribution >= 4 is 66.8 Å². The largest absolute Gasteiger partial charge is 0.399 e. The monoisotopic (exact) mass is 936 g/mol. The zero-order valence-electron chi connectivity index (χ0n) is 37.2. The van der Waals surface area contributed by atoms with Crippen LogP contribution in [0.1, 0.15) is 40.7 Å². The van der Waals surface area contributed by atoms with Gasteiger partial charge in [0.2, 0.25) is 5.82 Å². The van der Waals surface area contributed by atoms with Crippen molar-refractivity contribution < 1.29 is 24.1 Å². The van der Waals surface area contributed by atoms with E-state index in [4.69, 9.17) is 17.2 Å². The van der Waals surface area contributed by atoms with Gasteiger partial charge in [-0.3, -0.25) is 40.5 Å². The van der Waals surface area contributed by atoms with E-state index >= 15 is 0 Å². The third-order valence-electron chi connectivity index (χ3n) is 11.2. The molecule has 0 aliphatic rings. The Bertz CT molecular complexity index is 3240. The molecule has 0 unspecified atom stereocenters. The minimum absolute atomic E-state index is 0.192. The minimum Gasteiger partial charge on any atom is -0.399 e. The second-order valence-corrected chi connectivity index (χ2v) is 15.8. The molecular weight excluding hydrogens is 888 g/mol. The number of non-ortho nitro benzene ring substituents is 2. The second-order valence-electron chi connectivity index (χ2n) is 15.8. The molecule has 0 saturated carbocycles. The number of hydrogen-bond donors (Lipinski definition) is 6. The SMILES string of the molecule is NCCc1c[nH]c2ccccc12.Nc1ccc(CCCc2c[nH]c3ccccc23)c(N)c1.O=[N+]([O-])c1ccc(CCCc2c[nH]c3ccccc23)c([N+](=O)[O-])c1.O=[N+]([O-])c1ccc(F)c([N+](=O)[O-])c1. The van der Waals surface area contributed by atoms with Gasteiger partial charge in [-0.2, -0.15) is 4.39 Å². The first kappa shape index (κ1) is 49.5. The fourth-order valence-electron chi connectivity index (χ4n) is 7.75. The first-order valence-corrected chi connectivity index (χ1v) is 21.7. The van der Waals surface area contributed by atoms with Crippen molar-refractivity contribution in [2.24, 2.45) is 5.73 Å². The van der Waals surface area contributed by atoms with Crippen molar-refractivity contribution in [3.05, 3.63) is 220 Å². The van der Waals surface area contributed by atoms with Crippen LogP contribution in [0.25, 0.3) is 32.7 Å². The number of nitro groups is 4. The molecule has 0 amide bonds. The highest BCUT2D eigenvalue weighted by molar-refractivity contribution is 5.84. The number of halogens is 1. The van der Waals surface area contributed by atoms with Gasteiger partial charge >= 0.3 is 5.69 Å². The first-order chi connectivity index (χ1) is 33.2. The number of benzene rings is 6. The Balaban J connectivity index is 0.000000157. The highest BCUT2D eigenvalue weighted by Crippen LogP contribution is 2.28. The molecule has 0 fully saturated rings. The Morgan fingerprint density at radius 2 is 0.855 bits per heavy atom. The van der Waals surface area contributed by atoms with Crippen LogP contribution in [0.4, 0.5) is 38.5 Å². The fraction of sp³-hybridized carbons (Fsp3) is 0.160. The van der Waals surface area contributed by atoms with E-state index in [2.05, 4.69) is 63.6 Å². The summed E-state index contributed by atoms with van der Waals surface area (Å²) in [6.45, 7) is 0.710. The lowest BCUT2D eigenvalue weighted by Crippen LogP contribution is -2.01. The number of nitrogens with two attached hydrogens (primary N) is 3. The number of nitrogens with one attached hydrogen (secondary N) is 3. The van der Waals surface area contributed by atoms with Gasteiger partial charge in [0.15, 0.2) is 0 Å². The number of aromatic amines is 3. The van der Waals surface area contributed by atoms with Crippen molar-refractivity contribution in [1.82, 2.24) is 15.0 Å². The standard InChI is InChI=1S/C17H15N3O4.C17H19N3.C10H12N2.C6H3FN2O4/c21-19(22)14-9-8-12(17(10-14)20(23)24)4-3-5-13-11-18-16-7-2-1-6-15(13)16;18-14-9-8-12(16(19)10-14)4-3-5-13-11-20-17-7-2-1-6-15(13)17;11-6-5-8-7-12-10-4-2-1-3-9(8)10;7-5-2-1-4(8(10)11)3-6(5)9(12)13/h1-2,6-11,18H,3-5H2;1-2,6-11,20H,3-5,18-19H2;1-4,7,12H,5-6,11H2;1-3H. The zero-order chi connectivity index (χ0) is 49.5. The molecule has 0 aliphatic heterocycles. The lowest BCUT2D eigenvalue weighted by molar-refractivity contribution is -0.395. The Morgan fingerprint density at radius 3 is 1.30 bits per heavy atom. The molecule has 354 valence electrons. The van der Waals surface area contributed by atoms with Gasteiger partial charge in [0.25, 0.3) is 17.1 Å². The summed E-state index contributed by atoms with van der Waals surface area (Å²) in [5.41, 5.74) is 25.9. The quantitative estimate of drug-likeness (QED) is 0.0338. The number of anilines is 2. The first-order valence-electron chi connectivity index (χ1n) is 21.7. The predicted molar refractivity (Wildman–Crippen MR) is 266 cm³/mol. The second kappa shape index (κ2) is 23.5. The van der Waals surface area contributed by atoms with Crippen molar-refractivity contribution in [1.29, 1.82) is 0 Å². The number of hydrogen-bond acceptors (Lipinski definition) is 11. The van der Waals surface area contributed by atoms with Crippen LogP contribution in [0, 0.1) is 46.3 Å². The van der Waals surface area contributed by atoms with E-state index < -0.39 is 36.9 Å². The molecule has 9 rings (SSSR count). The van der Waals surface area contributed by atoms with Gasteiger partial charge in [-0.15, -0.1) is 0 Å². The van der Waals surface area contributed by atoms with Crippen molar-refractivity contribution in [3.63, 3.8) is 0 Å². The number of nitrogens with zero attached hydrogens (tertiary/aromatic N) is 4. The Hall–Kier alpha value is -8.97. The average molecular weight is 937 g/mol. The zero-order valence-corrected chi connectivity index (χ0v) is 37.2. The summed E-state index contributed by atoms with van der Waals surface area (Å²) in [4.78, 5) is 48.9. The van der Waals surface area contributed by atoms with Crippen LogP contribution in [0.5, 0.6) is 0 Å². The number of nitro benzene ring substituents is 4. The molecule has 3 heterocycles. The maximum Gasteiger partial charge on any atom is 0.311 e. The normalized spacial score (nSPS) is 10.6. The fourth-order valence-corrected chi connectivity index (χ4v) is 7.75. The van der Waals surface area contributed by atoms with Crippen molar-refractivity contribution in [3.8, 4) is 0 Å². The highest BCUT2D eigenvalue weighted by Gasteiger charge is 2.20. The lowest BCUT2D eigenvalue weighted by atomic mass is 10.0. The van der Waals surface area contributed by atoms with Gasteiger partial charge in [-0.25, -0.2) is 0 Å². The number of fused-ring (bicyclic) bond motifs is 3. The van der Waals surface area contributed by atoms with E-state index in [-0.39, 0.29) is 11.4 Å². The van der Waals surface area contributed by atoms with Crippen LogP contribution >= 0.6 is 0 Å². The van der Waals surface area contributed by atoms with E-state index in [1.807, 2.05) is 60.9 Å². The summed E-state index contributed by atoms with van der Waals surface area (Å²) in [5.74, 6) is -1.09. The maximum atomic E-state index is 12.6. The number of para-hydroxylation sites is 3. The van der Waals surface area contributed by atoms with Crippen LogP contribution in [0.3, 0.4) is 0 Å². The molecule has 18 nitrogen and oxygen atoms in total. The molecule has 3 aromatic heterocycles. The lowest BCUT2D eigenvalue weighted by Gasteiger charge is -2.06. The van der Waals surface area contributed by atoms with E-state index in [1.165, 1.54) is 50.6 Å². The molecule has 0 radical (unpaired) electrons. The molecule has 0 saturated heterocycles. The minimum atomic E-state index is -1.09. The molecule has 69 heavy (non-hydrogen) atoms. The molecule has 0 spiro atoms. The Labute approximate surface area is 393 Å². The van der Waals surface area contributed by atoms with Gasteiger partial charge in [0, 0.05) is 80.4 Å². The van der Waals surface area contributed by atoms with Crippen LogP contribution in [0.15, 0.2) is 146 Å². The van der Waals surface area contributed by atoms with Crippen molar-refractivity contribution in [2.45, 2.75) is 44.9 Å². The smallest absolute Gasteiger partial charge is 0.311 e. The number of nitrogen functional groups attached to an aromatic ring is 2.